The molecule has 4 heterocycles. The summed E-state index contributed by atoms with van der Waals surface area (Å²) in [5.41, 5.74) is 3.82. The summed E-state index contributed by atoms with van der Waals surface area (Å²) >= 11 is 0. The molecule has 4 aromatic heterocycles. The van der Waals surface area contributed by atoms with Crippen LogP contribution in [0.1, 0.15) is 96.3 Å². The predicted octanol–water partition coefficient (Wildman–Crippen LogP) is 7.88. The van der Waals surface area contributed by atoms with Crippen LogP contribution < -0.4 is 0 Å². The van der Waals surface area contributed by atoms with Gasteiger partial charge in [-0.1, -0.05) is 41.5 Å². The summed E-state index contributed by atoms with van der Waals surface area (Å²) in [6.45, 7) is 17.3. The van der Waals surface area contributed by atoms with Gasteiger partial charge in [0.25, 0.3) is 0 Å². The van der Waals surface area contributed by atoms with Gasteiger partial charge in [0, 0.05) is 54.1 Å². The van der Waals surface area contributed by atoms with Crippen LogP contribution in [-0.4, -0.2) is 24.5 Å². The lowest BCUT2D eigenvalue weighted by atomic mass is 10.1. The highest BCUT2D eigenvalue weighted by Gasteiger charge is 1.96. The van der Waals surface area contributed by atoms with Gasteiger partial charge < -0.3 is 19.5 Å². The molecule has 0 amide bonds. The van der Waals surface area contributed by atoms with Crippen LogP contribution in [0, 0.1) is 0 Å². The highest BCUT2D eigenvalue weighted by molar-refractivity contribution is 5.07. The zero-order valence-corrected chi connectivity index (χ0v) is 21.1. The number of rotatable bonds is 4. The third-order valence-electron chi connectivity index (χ3n) is 4.85. The largest absolute Gasteiger partial charge is 0.365 e. The number of nitrogens with zero attached hydrogens (tertiary/aromatic N) is 2. The summed E-state index contributed by atoms with van der Waals surface area (Å²) in [6.07, 6.45) is 11.6. The second-order valence-electron chi connectivity index (χ2n) is 8.95. The zero-order valence-electron chi connectivity index (χ0n) is 21.1. The number of aromatic amines is 3. The fourth-order valence-corrected chi connectivity index (χ4v) is 2.68. The molecule has 176 valence electrons. The summed E-state index contributed by atoms with van der Waals surface area (Å²) in [5, 5.41) is 0. The van der Waals surface area contributed by atoms with Crippen LogP contribution in [0.3, 0.4) is 0 Å². The topological polar surface area (TPSA) is 65.2 Å². The number of hydrogen-bond acceptors (Lipinski definition) is 1. The van der Waals surface area contributed by atoms with E-state index in [0.717, 1.165) is 0 Å². The van der Waals surface area contributed by atoms with E-state index in [2.05, 4.69) is 104 Å². The summed E-state index contributed by atoms with van der Waals surface area (Å²) in [5.74, 6) is 1.83. The van der Waals surface area contributed by atoms with E-state index in [4.69, 9.17) is 0 Å². The van der Waals surface area contributed by atoms with Crippen LogP contribution in [-0.2, 0) is 0 Å². The Morgan fingerprint density at radius 1 is 0.625 bits per heavy atom. The lowest BCUT2D eigenvalue weighted by Crippen LogP contribution is -1.94. The first-order valence-electron chi connectivity index (χ1n) is 11.6. The van der Waals surface area contributed by atoms with Gasteiger partial charge in [0.05, 0.1) is 6.33 Å². The van der Waals surface area contributed by atoms with Crippen molar-refractivity contribution in [3.63, 3.8) is 0 Å². The van der Waals surface area contributed by atoms with Crippen molar-refractivity contribution < 1.29 is 0 Å². The van der Waals surface area contributed by atoms with E-state index < -0.39 is 0 Å². The minimum absolute atomic E-state index is 0.567. The fourth-order valence-electron chi connectivity index (χ4n) is 2.68. The Bertz CT molecular complexity index is 713. The molecule has 0 bridgehead atoms. The summed E-state index contributed by atoms with van der Waals surface area (Å²) in [4.78, 5) is 13.2. The second kappa shape index (κ2) is 15.0. The highest BCUT2D eigenvalue weighted by Crippen LogP contribution is 2.10. The molecule has 0 aliphatic heterocycles. The van der Waals surface area contributed by atoms with E-state index in [1.165, 1.54) is 17.1 Å². The SMILES string of the molecule is CC(C)c1ccc[nH]1.CC(C)c1ccc[nH]1.CC(C)c1cnc[nH]1.CC(C)n1cccc1. The standard InChI is InChI=1S/3C7H11N.C6H10N2/c1-7(2)8-5-3-4-6-8;2*1-6(2)7-4-3-5-8-7;1-5(2)6-3-7-4-8-6/h3-7H,1-2H3;2*3-6,8H,1-2H3;3-5H,1-2H3,(H,7,8). The van der Waals surface area contributed by atoms with Crippen molar-refractivity contribution in [3.8, 4) is 0 Å². The van der Waals surface area contributed by atoms with Gasteiger partial charge in [-0.05, 0) is 68.0 Å². The molecule has 0 spiro atoms. The Morgan fingerprint density at radius 3 is 1.28 bits per heavy atom. The molecule has 32 heavy (non-hydrogen) atoms. The number of hydrogen-bond donors (Lipinski definition) is 3. The average Bonchev–Trinajstić information content (AvgIpc) is 3.56. The fraction of sp³-hybridized carbons (Fsp3) is 0.444. The number of nitrogens with one attached hydrogen (secondary N) is 3. The molecule has 0 aliphatic carbocycles. The Hall–Kier alpha value is -2.95. The lowest BCUT2D eigenvalue weighted by molar-refractivity contribution is 0.604. The molecule has 0 saturated heterocycles. The van der Waals surface area contributed by atoms with E-state index in [-0.39, 0.29) is 0 Å². The highest BCUT2D eigenvalue weighted by atomic mass is 15.0. The van der Waals surface area contributed by atoms with E-state index in [0.29, 0.717) is 23.8 Å². The Labute approximate surface area is 194 Å². The minimum atomic E-state index is 0.567. The first kappa shape index (κ1) is 27.1. The van der Waals surface area contributed by atoms with Crippen LogP contribution >= 0.6 is 0 Å². The van der Waals surface area contributed by atoms with E-state index >= 15 is 0 Å². The zero-order chi connectivity index (χ0) is 23.9. The number of aromatic nitrogens is 5. The van der Waals surface area contributed by atoms with Crippen molar-refractivity contribution in [3.05, 3.63) is 90.8 Å². The third kappa shape index (κ3) is 10.9. The molecule has 4 aromatic rings. The molecular weight excluding hydrogens is 394 g/mol. The molecule has 5 heteroatoms. The molecule has 0 aromatic carbocycles. The number of H-pyrrole nitrogens is 3. The summed E-state index contributed by atoms with van der Waals surface area (Å²) < 4.78 is 2.17. The van der Waals surface area contributed by atoms with Gasteiger partial charge in [-0.25, -0.2) is 4.98 Å². The van der Waals surface area contributed by atoms with Crippen molar-refractivity contribution in [1.29, 1.82) is 0 Å². The van der Waals surface area contributed by atoms with Gasteiger partial charge in [-0.15, -0.1) is 0 Å². The van der Waals surface area contributed by atoms with E-state index in [1.54, 1.807) is 6.33 Å². The van der Waals surface area contributed by atoms with Crippen LogP contribution in [0.25, 0.3) is 0 Å². The molecular formula is C27H43N5. The molecule has 0 atom stereocenters. The smallest absolute Gasteiger partial charge is 0.0921 e. The van der Waals surface area contributed by atoms with Crippen molar-refractivity contribution in [2.45, 2.75) is 79.2 Å². The van der Waals surface area contributed by atoms with Gasteiger partial charge in [0.15, 0.2) is 0 Å². The van der Waals surface area contributed by atoms with Crippen molar-refractivity contribution in [2.24, 2.45) is 0 Å². The first-order valence-corrected chi connectivity index (χ1v) is 11.6. The van der Waals surface area contributed by atoms with Crippen molar-refractivity contribution in [2.75, 3.05) is 0 Å². The monoisotopic (exact) mass is 437 g/mol. The molecule has 4 rings (SSSR count). The van der Waals surface area contributed by atoms with Crippen LogP contribution in [0.4, 0.5) is 0 Å². The van der Waals surface area contributed by atoms with Gasteiger partial charge in [-0.3, -0.25) is 0 Å². The maximum Gasteiger partial charge on any atom is 0.0921 e. The third-order valence-corrected chi connectivity index (χ3v) is 4.85. The first-order chi connectivity index (χ1) is 15.2. The molecule has 0 saturated carbocycles. The van der Waals surface area contributed by atoms with Gasteiger partial charge in [0.1, 0.15) is 0 Å². The molecule has 0 aliphatic rings. The molecule has 5 nitrogen and oxygen atoms in total. The van der Waals surface area contributed by atoms with E-state index in [9.17, 15) is 0 Å². The molecule has 0 fully saturated rings. The van der Waals surface area contributed by atoms with E-state index in [1.807, 2.05) is 42.9 Å². The van der Waals surface area contributed by atoms with Crippen molar-refractivity contribution in [1.82, 2.24) is 24.5 Å². The lowest BCUT2D eigenvalue weighted by Gasteiger charge is -2.03. The maximum absolute atomic E-state index is 3.89. The van der Waals surface area contributed by atoms with Crippen LogP contribution in [0.2, 0.25) is 0 Å². The molecule has 0 radical (unpaired) electrons. The second-order valence-corrected chi connectivity index (χ2v) is 8.95. The molecule has 3 N–H and O–H groups in total. The molecule has 0 unspecified atom stereocenters. The van der Waals surface area contributed by atoms with Crippen LogP contribution in [0.15, 0.2) is 73.7 Å². The van der Waals surface area contributed by atoms with Gasteiger partial charge in [0.2, 0.25) is 0 Å². The number of imidazole rings is 1. The normalized spacial score (nSPS) is 10.4. The van der Waals surface area contributed by atoms with Crippen LogP contribution in [0.5, 0.6) is 0 Å². The quantitative estimate of drug-likeness (QED) is 0.299. The minimum Gasteiger partial charge on any atom is -0.365 e. The Balaban J connectivity index is 0.000000213. The summed E-state index contributed by atoms with van der Waals surface area (Å²) in [6, 6.07) is 12.9. The average molecular weight is 438 g/mol. The van der Waals surface area contributed by atoms with Gasteiger partial charge >= 0.3 is 0 Å². The van der Waals surface area contributed by atoms with Gasteiger partial charge in [-0.2, -0.15) is 0 Å². The predicted molar refractivity (Wildman–Crippen MR) is 137 cm³/mol. The Kier molecular flexibility index (Phi) is 12.7. The summed E-state index contributed by atoms with van der Waals surface area (Å²) in [7, 11) is 0. The van der Waals surface area contributed by atoms with Crippen molar-refractivity contribution >= 4 is 0 Å². The maximum atomic E-state index is 3.89. The Morgan fingerprint density at radius 2 is 1.09 bits per heavy atom.